The molecule has 2 aromatic carbocycles. The highest BCUT2D eigenvalue weighted by Gasteiger charge is 2.31. The molecule has 1 fully saturated rings. The van der Waals surface area contributed by atoms with E-state index in [1.807, 2.05) is 24.3 Å². The minimum Gasteiger partial charge on any atom is -0.489 e. The topological polar surface area (TPSA) is 59.3 Å². The number of ether oxygens (including phenoxy) is 1. The molecule has 0 bridgehead atoms. The Morgan fingerprint density at radius 3 is 2.43 bits per heavy atom. The van der Waals surface area contributed by atoms with Gasteiger partial charge in [-0.1, -0.05) is 36.8 Å². The summed E-state index contributed by atoms with van der Waals surface area (Å²) in [6, 6.07) is 16.9. The van der Waals surface area contributed by atoms with E-state index in [1.54, 1.807) is 0 Å². The van der Waals surface area contributed by atoms with Gasteiger partial charge in [-0.05, 0) is 49.6 Å². The first-order valence-corrected chi connectivity index (χ1v) is 8.25. The molecule has 0 amide bonds. The van der Waals surface area contributed by atoms with Gasteiger partial charge in [-0.15, -0.1) is 0 Å². The van der Waals surface area contributed by atoms with Crippen molar-refractivity contribution in [1.29, 1.82) is 0 Å². The lowest BCUT2D eigenvalue weighted by atomic mass is 9.98. The summed E-state index contributed by atoms with van der Waals surface area (Å²) in [6.07, 6.45) is 2.10. The zero-order chi connectivity index (χ0) is 16.2. The van der Waals surface area contributed by atoms with E-state index in [1.165, 1.54) is 11.1 Å². The average Bonchev–Trinajstić information content (AvgIpc) is 3.05. The number of hydrogen-bond acceptors (Lipinski definition) is 4. The van der Waals surface area contributed by atoms with Crippen molar-refractivity contribution in [3.05, 3.63) is 59.7 Å². The third-order valence-corrected chi connectivity index (χ3v) is 4.43. The minimum atomic E-state index is 0.143. The van der Waals surface area contributed by atoms with Crippen LogP contribution >= 0.6 is 0 Å². The molecule has 1 aliphatic rings. The second-order valence-electron chi connectivity index (χ2n) is 6.23. The van der Waals surface area contributed by atoms with Gasteiger partial charge < -0.3 is 10.5 Å². The van der Waals surface area contributed by atoms with Gasteiger partial charge in [-0.2, -0.15) is 0 Å². The number of nitrogens with one attached hydrogen (secondary N) is 2. The maximum absolute atomic E-state index is 6.18. The van der Waals surface area contributed by atoms with Crippen molar-refractivity contribution in [2.45, 2.75) is 44.9 Å². The number of aryl methyl sites for hydroxylation is 1. The Hall–Kier alpha value is -2.04. The van der Waals surface area contributed by atoms with Crippen molar-refractivity contribution in [2.24, 2.45) is 0 Å². The summed E-state index contributed by atoms with van der Waals surface area (Å²) in [4.78, 5) is 0. The number of anilines is 1. The molecular weight excluding hydrogens is 286 g/mol. The number of hydrazine groups is 1. The fourth-order valence-corrected chi connectivity index (χ4v) is 3.01. The molecule has 122 valence electrons. The molecule has 1 saturated heterocycles. The van der Waals surface area contributed by atoms with E-state index in [0.717, 1.165) is 24.3 Å². The number of nitrogen functional groups attached to an aromatic ring is 1. The molecule has 3 rings (SSSR count). The molecule has 1 aliphatic heterocycles. The largest absolute Gasteiger partial charge is 0.489 e. The molecule has 0 aromatic heterocycles. The maximum atomic E-state index is 6.18. The Morgan fingerprint density at radius 2 is 1.78 bits per heavy atom. The van der Waals surface area contributed by atoms with E-state index >= 15 is 0 Å². The Kier molecular flexibility index (Phi) is 4.84. The highest BCUT2D eigenvalue weighted by Crippen LogP contribution is 2.27. The first-order chi connectivity index (χ1) is 11.2. The second kappa shape index (κ2) is 7.02. The lowest BCUT2D eigenvalue weighted by Crippen LogP contribution is -2.41. The van der Waals surface area contributed by atoms with Gasteiger partial charge >= 0.3 is 0 Å². The monoisotopic (exact) mass is 311 g/mol. The summed E-state index contributed by atoms with van der Waals surface area (Å²) in [5, 5.41) is 0. The third kappa shape index (κ3) is 3.84. The standard InChI is InChI=1S/C19H25N3O/c1-3-19(23-16-10-4-13(2)5-11-16)18-12-17(21-22-18)14-6-8-15(20)9-7-14/h4-11,17-19,21-22H,3,12,20H2,1-2H3. The molecule has 0 radical (unpaired) electrons. The van der Waals surface area contributed by atoms with E-state index in [0.29, 0.717) is 0 Å². The van der Waals surface area contributed by atoms with Crippen LogP contribution in [-0.4, -0.2) is 12.1 Å². The highest BCUT2D eigenvalue weighted by atomic mass is 16.5. The lowest BCUT2D eigenvalue weighted by Gasteiger charge is -2.23. The Balaban J connectivity index is 1.64. The first kappa shape index (κ1) is 15.8. The summed E-state index contributed by atoms with van der Waals surface area (Å²) >= 11 is 0. The predicted molar refractivity (Wildman–Crippen MR) is 94.2 cm³/mol. The van der Waals surface area contributed by atoms with Gasteiger partial charge in [0.25, 0.3) is 0 Å². The minimum absolute atomic E-state index is 0.143. The molecular formula is C19H25N3O. The molecule has 2 aromatic rings. The van der Waals surface area contributed by atoms with Crippen LogP contribution in [0.5, 0.6) is 5.75 Å². The van der Waals surface area contributed by atoms with Crippen LogP contribution in [0.25, 0.3) is 0 Å². The third-order valence-electron chi connectivity index (χ3n) is 4.43. The molecule has 0 spiro atoms. The van der Waals surface area contributed by atoms with Crippen LogP contribution in [-0.2, 0) is 0 Å². The molecule has 3 unspecified atom stereocenters. The molecule has 3 atom stereocenters. The fraction of sp³-hybridized carbons (Fsp3) is 0.368. The smallest absolute Gasteiger partial charge is 0.119 e. The van der Waals surface area contributed by atoms with E-state index in [9.17, 15) is 0 Å². The lowest BCUT2D eigenvalue weighted by molar-refractivity contribution is 0.154. The molecule has 4 N–H and O–H groups in total. The summed E-state index contributed by atoms with van der Waals surface area (Å²) in [6.45, 7) is 4.25. The van der Waals surface area contributed by atoms with Gasteiger partial charge in [0.15, 0.2) is 0 Å². The van der Waals surface area contributed by atoms with E-state index in [2.05, 4.69) is 49.0 Å². The van der Waals surface area contributed by atoms with Gasteiger partial charge in [0.05, 0.1) is 6.04 Å². The summed E-state index contributed by atoms with van der Waals surface area (Å²) in [5.74, 6) is 0.931. The number of nitrogens with two attached hydrogens (primary N) is 1. The predicted octanol–water partition coefficient (Wildman–Crippen LogP) is 3.34. The molecule has 23 heavy (non-hydrogen) atoms. The number of hydrogen-bond donors (Lipinski definition) is 3. The van der Waals surface area contributed by atoms with Crippen molar-refractivity contribution in [2.75, 3.05) is 5.73 Å². The normalized spacial score (nSPS) is 22.0. The van der Waals surface area contributed by atoms with Crippen molar-refractivity contribution in [1.82, 2.24) is 10.9 Å². The van der Waals surface area contributed by atoms with Gasteiger partial charge in [0.2, 0.25) is 0 Å². The molecule has 1 heterocycles. The second-order valence-corrected chi connectivity index (χ2v) is 6.23. The van der Waals surface area contributed by atoms with Gasteiger partial charge in [-0.3, -0.25) is 5.43 Å². The summed E-state index contributed by atoms with van der Waals surface area (Å²) in [7, 11) is 0. The van der Waals surface area contributed by atoms with E-state index in [4.69, 9.17) is 10.5 Å². The van der Waals surface area contributed by atoms with Crippen LogP contribution in [0, 0.1) is 6.92 Å². The van der Waals surface area contributed by atoms with Crippen LogP contribution in [0.4, 0.5) is 5.69 Å². The van der Waals surface area contributed by atoms with Crippen LogP contribution in [0.1, 0.15) is 36.9 Å². The van der Waals surface area contributed by atoms with Crippen molar-refractivity contribution in [3.63, 3.8) is 0 Å². The molecule has 0 aliphatic carbocycles. The average molecular weight is 311 g/mol. The maximum Gasteiger partial charge on any atom is 0.119 e. The molecule has 4 nitrogen and oxygen atoms in total. The molecule has 0 saturated carbocycles. The first-order valence-electron chi connectivity index (χ1n) is 8.25. The highest BCUT2D eigenvalue weighted by molar-refractivity contribution is 5.40. The van der Waals surface area contributed by atoms with Gasteiger partial charge in [0, 0.05) is 11.7 Å². The number of rotatable bonds is 5. The quantitative estimate of drug-likeness (QED) is 0.741. The van der Waals surface area contributed by atoms with Crippen LogP contribution in [0.3, 0.4) is 0 Å². The van der Waals surface area contributed by atoms with Crippen molar-refractivity contribution >= 4 is 5.69 Å². The van der Waals surface area contributed by atoms with Crippen LogP contribution < -0.4 is 21.3 Å². The Labute approximate surface area is 138 Å². The zero-order valence-corrected chi connectivity index (χ0v) is 13.8. The zero-order valence-electron chi connectivity index (χ0n) is 13.8. The summed E-state index contributed by atoms with van der Waals surface area (Å²) < 4.78 is 6.18. The van der Waals surface area contributed by atoms with Gasteiger partial charge in [0.1, 0.15) is 11.9 Å². The fourth-order valence-electron chi connectivity index (χ4n) is 3.01. The Bertz CT molecular complexity index is 624. The van der Waals surface area contributed by atoms with Crippen LogP contribution in [0.15, 0.2) is 48.5 Å². The van der Waals surface area contributed by atoms with E-state index < -0.39 is 0 Å². The van der Waals surface area contributed by atoms with Crippen molar-refractivity contribution < 1.29 is 4.74 Å². The number of benzene rings is 2. The Morgan fingerprint density at radius 1 is 1.09 bits per heavy atom. The van der Waals surface area contributed by atoms with Crippen LogP contribution in [0.2, 0.25) is 0 Å². The SMILES string of the molecule is CCC(Oc1ccc(C)cc1)C1CC(c2ccc(N)cc2)NN1. The van der Waals surface area contributed by atoms with Crippen molar-refractivity contribution in [3.8, 4) is 5.75 Å². The summed E-state index contributed by atoms with van der Waals surface area (Å²) in [5.41, 5.74) is 15.8. The van der Waals surface area contributed by atoms with Gasteiger partial charge in [-0.25, -0.2) is 5.43 Å². The van der Waals surface area contributed by atoms with E-state index in [-0.39, 0.29) is 18.2 Å². The molecule has 4 heteroatoms.